The van der Waals surface area contributed by atoms with Crippen LogP contribution in [0.3, 0.4) is 0 Å². The Morgan fingerprint density at radius 2 is 1.29 bits per heavy atom. The third-order valence-electron chi connectivity index (χ3n) is 8.77. The van der Waals surface area contributed by atoms with Crippen molar-refractivity contribution in [2.24, 2.45) is 0 Å². The summed E-state index contributed by atoms with van der Waals surface area (Å²) in [4.78, 5) is 2.67. The van der Waals surface area contributed by atoms with E-state index in [2.05, 4.69) is 86.5 Å². The summed E-state index contributed by atoms with van der Waals surface area (Å²) in [5, 5.41) is 0.431. The Labute approximate surface area is 193 Å². The van der Waals surface area contributed by atoms with Gasteiger partial charge in [-0.25, -0.2) is 0 Å². The lowest BCUT2D eigenvalue weighted by Gasteiger charge is -2.41. The van der Waals surface area contributed by atoms with Gasteiger partial charge in [0.2, 0.25) is 0 Å². The Morgan fingerprint density at radius 3 is 1.81 bits per heavy atom. The summed E-state index contributed by atoms with van der Waals surface area (Å²) in [6.07, 6.45) is 2.55. The third-order valence-corrected chi connectivity index (χ3v) is 17.8. The van der Waals surface area contributed by atoms with Crippen molar-refractivity contribution in [2.45, 2.75) is 141 Å². The molecule has 5 nitrogen and oxygen atoms in total. The molecular weight excluding hydrogens is 422 g/mol. The molecule has 5 atom stereocenters. The highest BCUT2D eigenvalue weighted by Crippen LogP contribution is 2.47. The smallest absolute Gasteiger partial charge is 0.192 e. The van der Waals surface area contributed by atoms with Crippen molar-refractivity contribution >= 4 is 16.6 Å². The van der Waals surface area contributed by atoms with E-state index in [1.54, 1.807) is 0 Å². The molecule has 0 spiro atoms. The quantitative estimate of drug-likeness (QED) is 0.460. The van der Waals surface area contributed by atoms with Crippen LogP contribution in [0.25, 0.3) is 0 Å². The number of hydrogen-bond acceptors (Lipinski definition) is 5. The van der Waals surface area contributed by atoms with Crippen LogP contribution < -0.4 is 0 Å². The second kappa shape index (κ2) is 8.17. The molecule has 3 aliphatic rings. The first-order valence-corrected chi connectivity index (χ1v) is 18.1. The molecule has 0 aromatic heterocycles. The van der Waals surface area contributed by atoms with Crippen LogP contribution in [-0.4, -0.2) is 70.9 Å². The average molecular weight is 472 g/mol. The fourth-order valence-electron chi connectivity index (χ4n) is 4.75. The van der Waals surface area contributed by atoms with E-state index in [0.717, 1.165) is 19.6 Å². The van der Waals surface area contributed by atoms with Crippen LogP contribution in [0, 0.1) is 0 Å². The molecule has 7 heteroatoms. The summed E-state index contributed by atoms with van der Waals surface area (Å²) < 4.78 is 26.3. The number of fused-ring (bicyclic) bond motifs is 3. The normalized spacial score (nSPS) is 34.3. The van der Waals surface area contributed by atoms with Gasteiger partial charge in [-0.1, -0.05) is 41.5 Å². The Balaban J connectivity index is 1.77. The first-order valence-electron chi connectivity index (χ1n) is 12.3. The van der Waals surface area contributed by atoms with Crippen molar-refractivity contribution in [2.75, 3.05) is 13.2 Å². The van der Waals surface area contributed by atoms with Gasteiger partial charge in [-0.05, 0) is 63.0 Å². The van der Waals surface area contributed by atoms with E-state index in [9.17, 15) is 0 Å². The maximum atomic E-state index is 6.74. The Bertz CT molecular complexity index is 653. The summed E-state index contributed by atoms with van der Waals surface area (Å²) in [6, 6.07) is 1.07. The van der Waals surface area contributed by atoms with Gasteiger partial charge in [0, 0.05) is 18.7 Å². The van der Waals surface area contributed by atoms with Gasteiger partial charge in [0.1, 0.15) is 12.2 Å². The second-order valence-corrected chi connectivity index (χ2v) is 23.1. The van der Waals surface area contributed by atoms with Crippen molar-refractivity contribution in [3.05, 3.63) is 0 Å². The highest BCUT2D eigenvalue weighted by Gasteiger charge is 2.61. The number of nitrogens with zero attached hydrogens (tertiary/aromatic N) is 1. The third kappa shape index (κ3) is 5.03. The molecule has 0 bridgehead atoms. The predicted octanol–water partition coefficient (Wildman–Crippen LogP) is 5.77. The predicted molar refractivity (Wildman–Crippen MR) is 133 cm³/mol. The molecule has 3 saturated heterocycles. The molecule has 0 radical (unpaired) electrons. The van der Waals surface area contributed by atoms with Gasteiger partial charge >= 0.3 is 0 Å². The van der Waals surface area contributed by atoms with Gasteiger partial charge < -0.3 is 18.3 Å². The summed E-state index contributed by atoms with van der Waals surface area (Å²) in [7, 11) is -3.62. The summed E-state index contributed by atoms with van der Waals surface area (Å²) in [6.45, 7) is 28.9. The van der Waals surface area contributed by atoms with Crippen molar-refractivity contribution in [3.63, 3.8) is 0 Å². The van der Waals surface area contributed by atoms with Gasteiger partial charge in [0.05, 0.1) is 12.6 Å². The van der Waals surface area contributed by atoms with Gasteiger partial charge in [-0.15, -0.1) is 0 Å². The minimum absolute atomic E-state index is 0.0837. The molecule has 0 unspecified atom stereocenters. The minimum atomic E-state index is -1.84. The molecule has 3 rings (SSSR count). The monoisotopic (exact) mass is 471 g/mol. The SMILES string of the molecule is CC1(C)O[C@@H]2[C@H](O1)[C@@H](CO[Si](C)(C)C(C)(C)C)N1[C@@H](CO[Si](C)(C)C(C)(C)C)CC[C@H]21. The maximum absolute atomic E-state index is 6.74. The molecule has 3 heterocycles. The zero-order valence-electron chi connectivity index (χ0n) is 22.3. The molecule has 0 aromatic carbocycles. The van der Waals surface area contributed by atoms with Gasteiger partial charge in [0.25, 0.3) is 0 Å². The highest BCUT2D eigenvalue weighted by molar-refractivity contribution is 6.74. The number of ether oxygens (including phenoxy) is 2. The Hall–Kier alpha value is 0.234. The lowest BCUT2D eigenvalue weighted by Crippen LogP contribution is -2.52. The maximum Gasteiger partial charge on any atom is 0.192 e. The first kappa shape index (κ1) is 25.8. The molecule has 182 valence electrons. The van der Waals surface area contributed by atoms with Crippen LogP contribution >= 0.6 is 0 Å². The van der Waals surface area contributed by atoms with E-state index in [0.29, 0.717) is 12.1 Å². The molecule has 0 aromatic rings. The molecule has 0 saturated carbocycles. The molecular formula is C24H49NO4Si2. The largest absolute Gasteiger partial charge is 0.415 e. The Kier molecular flexibility index (Phi) is 6.81. The zero-order valence-corrected chi connectivity index (χ0v) is 24.3. The van der Waals surface area contributed by atoms with Crippen LogP contribution in [0.2, 0.25) is 36.3 Å². The van der Waals surface area contributed by atoms with Crippen LogP contribution in [0.4, 0.5) is 0 Å². The van der Waals surface area contributed by atoms with Crippen molar-refractivity contribution in [1.29, 1.82) is 0 Å². The van der Waals surface area contributed by atoms with Crippen LogP contribution in [0.1, 0.15) is 68.2 Å². The molecule has 3 aliphatic heterocycles. The molecule has 0 amide bonds. The summed E-state index contributed by atoms with van der Waals surface area (Å²) >= 11 is 0. The van der Waals surface area contributed by atoms with E-state index in [4.69, 9.17) is 18.3 Å². The minimum Gasteiger partial charge on any atom is -0.415 e. The summed E-state index contributed by atoms with van der Waals surface area (Å²) in [5.74, 6) is -0.508. The van der Waals surface area contributed by atoms with Crippen LogP contribution in [0.5, 0.6) is 0 Å². The van der Waals surface area contributed by atoms with E-state index >= 15 is 0 Å². The molecule has 3 fully saturated rings. The van der Waals surface area contributed by atoms with Crippen LogP contribution in [0.15, 0.2) is 0 Å². The lowest BCUT2D eigenvalue weighted by atomic mass is 10.0. The van der Waals surface area contributed by atoms with E-state index in [1.807, 2.05) is 0 Å². The average Bonchev–Trinajstić information content (AvgIpc) is 3.18. The molecule has 0 N–H and O–H groups in total. The lowest BCUT2D eigenvalue weighted by molar-refractivity contribution is -0.169. The van der Waals surface area contributed by atoms with E-state index < -0.39 is 22.4 Å². The number of rotatable bonds is 6. The second-order valence-electron chi connectivity index (χ2n) is 13.5. The van der Waals surface area contributed by atoms with Gasteiger partial charge in [-0.2, -0.15) is 0 Å². The van der Waals surface area contributed by atoms with Crippen LogP contribution in [-0.2, 0) is 18.3 Å². The first-order chi connectivity index (χ1) is 13.9. The molecule has 31 heavy (non-hydrogen) atoms. The van der Waals surface area contributed by atoms with Crippen molar-refractivity contribution in [1.82, 2.24) is 4.90 Å². The van der Waals surface area contributed by atoms with Gasteiger partial charge in [-0.3, -0.25) is 4.90 Å². The van der Waals surface area contributed by atoms with E-state index in [-0.39, 0.29) is 28.3 Å². The summed E-state index contributed by atoms with van der Waals surface area (Å²) in [5.41, 5.74) is 0. The van der Waals surface area contributed by atoms with E-state index in [1.165, 1.54) is 6.42 Å². The zero-order chi connectivity index (χ0) is 23.6. The Morgan fingerprint density at radius 1 is 0.806 bits per heavy atom. The van der Waals surface area contributed by atoms with Crippen molar-refractivity contribution in [3.8, 4) is 0 Å². The topological polar surface area (TPSA) is 40.2 Å². The molecule has 0 aliphatic carbocycles. The standard InChI is InChI=1S/C24H49NO4Si2/c1-22(2,3)30(9,10)26-15-17-13-14-18-20-21(29-24(7,8)28-20)19(25(17)18)16-27-31(11,12)23(4,5)6/h17-21H,13-16H2,1-12H3/t17-,18-,19-,20+,21-/m1/s1. The fourth-order valence-corrected chi connectivity index (χ4v) is 6.81. The fraction of sp³-hybridized carbons (Fsp3) is 1.00. The number of hydrogen-bond donors (Lipinski definition) is 0. The van der Waals surface area contributed by atoms with Crippen molar-refractivity contribution < 1.29 is 18.3 Å². The van der Waals surface area contributed by atoms with Gasteiger partial charge in [0.15, 0.2) is 22.4 Å². The highest BCUT2D eigenvalue weighted by atomic mass is 28.4.